The highest BCUT2D eigenvalue weighted by Crippen LogP contribution is 2.35. The van der Waals surface area contributed by atoms with Crippen molar-refractivity contribution in [2.24, 2.45) is 11.3 Å². The molecule has 0 saturated carbocycles. The molecule has 1 saturated heterocycles. The lowest BCUT2D eigenvalue weighted by Gasteiger charge is -2.29. The van der Waals surface area contributed by atoms with Gasteiger partial charge in [-0.25, -0.2) is 4.79 Å². The summed E-state index contributed by atoms with van der Waals surface area (Å²) in [5.74, 6) is -0.155. The average molecular weight is 309 g/mol. The number of thiophene rings is 1. The smallest absolute Gasteiger partial charge is 0.345 e. The van der Waals surface area contributed by atoms with E-state index in [0.717, 1.165) is 24.3 Å². The molecular weight excluding hydrogens is 286 g/mol. The fourth-order valence-corrected chi connectivity index (χ4v) is 3.70. The van der Waals surface area contributed by atoms with Gasteiger partial charge in [0.05, 0.1) is 6.54 Å². The van der Waals surface area contributed by atoms with Crippen LogP contribution in [0, 0.1) is 11.3 Å². The van der Waals surface area contributed by atoms with Crippen LogP contribution in [0.5, 0.6) is 0 Å². The predicted octanol–water partition coefficient (Wildman–Crippen LogP) is 3.62. The molecule has 1 aliphatic heterocycles. The summed E-state index contributed by atoms with van der Waals surface area (Å²) in [5, 5.41) is 8.96. The molecule has 0 radical (unpaired) electrons. The Balaban J connectivity index is 2.02. The molecule has 1 atom stereocenters. The highest BCUT2D eigenvalue weighted by molar-refractivity contribution is 7.13. The minimum absolute atomic E-state index is 0.187. The Labute approximate surface area is 129 Å². The molecule has 1 N–H and O–H groups in total. The number of hydrogen-bond donors (Lipinski definition) is 1. The van der Waals surface area contributed by atoms with Crippen LogP contribution in [-0.2, 0) is 11.3 Å². The normalized spacial score (nSPS) is 20.4. The summed E-state index contributed by atoms with van der Waals surface area (Å²) in [6.45, 7) is 8.00. The van der Waals surface area contributed by atoms with Crippen molar-refractivity contribution in [1.29, 1.82) is 0 Å². The average Bonchev–Trinajstić information content (AvgIpc) is 2.76. The first-order chi connectivity index (χ1) is 9.77. The quantitative estimate of drug-likeness (QED) is 0.927. The number of carboxylic acids is 1. The maximum Gasteiger partial charge on any atom is 0.345 e. The van der Waals surface area contributed by atoms with Gasteiger partial charge < -0.3 is 10.0 Å². The van der Waals surface area contributed by atoms with E-state index in [9.17, 15) is 9.59 Å². The third kappa shape index (κ3) is 4.06. The van der Waals surface area contributed by atoms with Crippen LogP contribution in [0.4, 0.5) is 0 Å². The first-order valence-electron chi connectivity index (χ1n) is 7.37. The van der Waals surface area contributed by atoms with Crippen LogP contribution in [0.3, 0.4) is 0 Å². The third-order valence-electron chi connectivity index (χ3n) is 4.25. The lowest BCUT2D eigenvalue weighted by atomic mass is 9.77. The summed E-state index contributed by atoms with van der Waals surface area (Å²) in [6, 6.07) is 3.43. The summed E-state index contributed by atoms with van der Waals surface area (Å²) in [6.07, 6.45) is 2.56. The first-order valence-corrected chi connectivity index (χ1v) is 8.19. The van der Waals surface area contributed by atoms with Crippen LogP contribution >= 0.6 is 11.3 Å². The van der Waals surface area contributed by atoms with Gasteiger partial charge in [-0.3, -0.25) is 4.79 Å². The number of rotatable bonds is 3. The van der Waals surface area contributed by atoms with Gasteiger partial charge in [0.25, 0.3) is 0 Å². The second-order valence-electron chi connectivity index (χ2n) is 6.78. The molecule has 4 nitrogen and oxygen atoms in total. The maximum atomic E-state index is 12.2. The van der Waals surface area contributed by atoms with Crippen molar-refractivity contribution >= 4 is 23.2 Å². The van der Waals surface area contributed by atoms with Crippen LogP contribution in [0.15, 0.2) is 12.1 Å². The molecule has 116 valence electrons. The highest BCUT2D eigenvalue weighted by atomic mass is 32.1. The molecular formula is C16H23NO3S. The van der Waals surface area contributed by atoms with E-state index < -0.39 is 5.97 Å². The van der Waals surface area contributed by atoms with Crippen molar-refractivity contribution in [3.63, 3.8) is 0 Å². The number of nitrogens with zero attached hydrogens (tertiary/aromatic N) is 1. The van der Waals surface area contributed by atoms with E-state index >= 15 is 0 Å². The van der Waals surface area contributed by atoms with Crippen LogP contribution in [-0.4, -0.2) is 28.4 Å². The molecule has 1 amide bonds. The zero-order valence-electron chi connectivity index (χ0n) is 12.9. The van der Waals surface area contributed by atoms with Gasteiger partial charge in [-0.2, -0.15) is 0 Å². The van der Waals surface area contributed by atoms with Crippen LogP contribution in [0.2, 0.25) is 0 Å². The Kier molecular flexibility index (Phi) is 4.71. The molecule has 5 heteroatoms. The number of aromatic carboxylic acids is 1. The molecule has 2 rings (SSSR count). The lowest BCUT2D eigenvalue weighted by molar-refractivity contribution is -0.131. The molecule has 0 spiro atoms. The Morgan fingerprint density at radius 2 is 2.10 bits per heavy atom. The number of hydrogen-bond acceptors (Lipinski definition) is 3. The predicted molar refractivity (Wildman–Crippen MR) is 83.5 cm³/mol. The zero-order chi connectivity index (χ0) is 15.6. The molecule has 0 aliphatic carbocycles. The topological polar surface area (TPSA) is 57.6 Å². The standard InChI is InChI=1S/C16H23NO3S/c1-16(2,3)11-4-7-14(18)17(9-8-11)10-12-5-6-13(21-12)15(19)20/h5-6,11H,4,7-10H2,1-3H3,(H,19,20). The van der Waals surface area contributed by atoms with Gasteiger partial charge in [-0.1, -0.05) is 20.8 Å². The largest absolute Gasteiger partial charge is 0.477 e. The minimum atomic E-state index is -0.902. The van der Waals surface area contributed by atoms with E-state index in [2.05, 4.69) is 20.8 Å². The van der Waals surface area contributed by atoms with Gasteiger partial charge in [0, 0.05) is 17.8 Å². The third-order valence-corrected chi connectivity index (χ3v) is 5.31. The van der Waals surface area contributed by atoms with Gasteiger partial charge in [-0.15, -0.1) is 11.3 Å². The van der Waals surface area contributed by atoms with Gasteiger partial charge in [0.2, 0.25) is 5.91 Å². The molecule has 21 heavy (non-hydrogen) atoms. The molecule has 1 aromatic heterocycles. The molecule has 0 aromatic carbocycles. The summed E-state index contributed by atoms with van der Waals surface area (Å²) in [4.78, 5) is 26.3. The van der Waals surface area contributed by atoms with Crippen LogP contribution in [0.1, 0.15) is 54.6 Å². The number of carbonyl (C=O) groups is 2. The minimum Gasteiger partial charge on any atom is -0.477 e. The Hall–Kier alpha value is -1.36. The van der Waals surface area contributed by atoms with E-state index in [1.807, 2.05) is 11.0 Å². The van der Waals surface area contributed by atoms with E-state index in [1.54, 1.807) is 6.07 Å². The Bertz CT molecular complexity index is 530. The second-order valence-corrected chi connectivity index (χ2v) is 7.95. The number of carbonyl (C=O) groups excluding carboxylic acids is 1. The first kappa shape index (κ1) is 16.0. The molecule has 1 fully saturated rings. The van der Waals surface area contributed by atoms with Crippen molar-refractivity contribution in [2.45, 2.75) is 46.6 Å². The second kappa shape index (κ2) is 6.18. The number of likely N-dealkylation sites (tertiary alicyclic amines) is 1. The van der Waals surface area contributed by atoms with Gasteiger partial charge in [-0.05, 0) is 36.3 Å². The van der Waals surface area contributed by atoms with Crippen molar-refractivity contribution in [3.8, 4) is 0 Å². The van der Waals surface area contributed by atoms with Crippen LogP contribution in [0.25, 0.3) is 0 Å². The fourth-order valence-electron chi connectivity index (χ4n) is 2.84. The lowest BCUT2D eigenvalue weighted by Crippen LogP contribution is -2.29. The Morgan fingerprint density at radius 3 is 2.67 bits per heavy atom. The van der Waals surface area contributed by atoms with Gasteiger partial charge in [0.1, 0.15) is 4.88 Å². The van der Waals surface area contributed by atoms with Crippen molar-refractivity contribution in [1.82, 2.24) is 4.90 Å². The summed E-state index contributed by atoms with van der Waals surface area (Å²) >= 11 is 1.26. The summed E-state index contributed by atoms with van der Waals surface area (Å²) < 4.78 is 0. The van der Waals surface area contributed by atoms with Gasteiger partial charge in [0.15, 0.2) is 0 Å². The summed E-state index contributed by atoms with van der Waals surface area (Å²) in [7, 11) is 0. The fraction of sp³-hybridized carbons (Fsp3) is 0.625. The molecule has 0 bridgehead atoms. The van der Waals surface area contributed by atoms with Gasteiger partial charge >= 0.3 is 5.97 Å². The van der Waals surface area contributed by atoms with Crippen molar-refractivity contribution in [3.05, 3.63) is 21.9 Å². The highest BCUT2D eigenvalue weighted by Gasteiger charge is 2.30. The monoisotopic (exact) mass is 309 g/mol. The number of carboxylic acid groups (broad SMARTS) is 1. The Morgan fingerprint density at radius 1 is 1.38 bits per heavy atom. The van der Waals surface area contributed by atoms with E-state index in [0.29, 0.717) is 23.8 Å². The van der Waals surface area contributed by atoms with E-state index in [1.165, 1.54) is 11.3 Å². The maximum absolute atomic E-state index is 12.2. The van der Waals surface area contributed by atoms with Crippen molar-refractivity contribution in [2.75, 3.05) is 6.54 Å². The van der Waals surface area contributed by atoms with E-state index in [4.69, 9.17) is 5.11 Å². The SMILES string of the molecule is CC(C)(C)C1CCC(=O)N(Cc2ccc(C(=O)O)s2)CC1. The van der Waals surface area contributed by atoms with E-state index in [-0.39, 0.29) is 11.3 Å². The van der Waals surface area contributed by atoms with Crippen LogP contribution < -0.4 is 0 Å². The summed E-state index contributed by atoms with van der Waals surface area (Å²) in [5.41, 5.74) is 0.232. The molecule has 1 aliphatic rings. The van der Waals surface area contributed by atoms with Crippen molar-refractivity contribution < 1.29 is 14.7 Å². The number of amides is 1. The molecule has 2 heterocycles. The molecule has 1 aromatic rings. The zero-order valence-corrected chi connectivity index (χ0v) is 13.7. The molecule has 1 unspecified atom stereocenters.